The van der Waals surface area contributed by atoms with Crippen LogP contribution >= 0.6 is 0 Å². The Labute approximate surface area is 113 Å². The first-order chi connectivity index (χ1) is 9.37. The van der Waals surface area contributed by atoms with E-state index in [2.05, 4.69) is 4.74 Å². The molecule has 1 aromatic rings. The number of alkyl halides is 3. The Kier molecular flexibility index (Phi) is 4.11. The number of esters is 2. The zero-order valence-corrected chi connectivity index (χ0v) is 10.5. The van der Waals surface area contributed by atoms with E-state index >= 15 is 0 Å². The highest BCUT2D eigenvalue weighted by molar-refractivity contribution is 5.88. The van der Waals surface area contributed by atoms with Crippen molar-refractivity contribution in [3.8, 4) is 0 Å². The molecule has 108 valence electrons. The van der Waals surface area contributed by atoms with Crippen LogP contribution in [0.1, 0.15) is 30.7 Å². The van der Waals surface area contributed by atoms with E-state index in [-0.39, 0.29) is 5.92 Å². The largest absolute Gasteiger partial charge is 0.393 e. The molecule has 1 fully saturated rings. The molecule has 20 heavy (non-hydrogen) atoms. The SMILES string of the molecule is O=C(CCC(F)(F)F)OC(=O)C1CC1c1ccccc1. The van der Waals surface area contributed by atoms with Crippen molar-refractivity contribution < 1.29 is 27.5 Å². The average Bonchev–Trinajstić information content (AvgIpc) is 3.17. The van der Waals surface area contributed by atoms with Gasteiger partial charge >= 0.3 is 18.1 Å². The normalized spacial score (nSPS) is 21.4. The fraction of sp³-hybridized carbons (Fsp3) is 0.429. The van der Waals surface area contributed by atoms with Gasteiger partial charge in [-0.1, -0.05) is 30.3 Å². The Morgan fingerprint density at radius 2 is 1.85 bits per heavy atom. The van der Waals surface area contributed by atoms with Crippen LogP contribution in [0.3, 0.4) is 0 Å². The highest BCUT2D eigenvalue weighted by Gasteiger charge is 2.45. The fourth-order valence-electron chi connectivity index (χ4n) is 2.01. The lowest BCUT2D eigenvalue weighted by atomic mass is 10.1. The lowest BCUT2D eigenvalue weighted by molar-refractivity contribution is -0.167. The molecule has 0 aliphatic heterocycles. The molecule has 0 bridgehead atoms. The van der Waals surface area contributed by atoms with Gasteiger partial charge in [-0.3, -0.25) is 9.59 Å². The number of rotatable bonds is 4. The van der Waals surface area contributed by atoms with Crippen molar-refractivity contribution in [3.05, 3.63) is 35.9 Å². The molecule has 0 N–H and O–H groups in total. The Hall–Kier alpha value is -1.85. The molecule has 0 aromatic heterocycles. The Bertz CT molecular complexity index is 496. The van der Waals surface area contributed by atoms with E-state index < -0.39 is 36.9 Å². The van der Waals surface area contributed by atoms with Gasteiger partial charge in [0.2, 0.25) is 0 Å². The lowest BCUT2D eigenvalue weighted by Gasteiger charge is -2.05. The van der Waals surface area contributed by atoms with Crippen molar-refractivity contribution in [3.63, 3.8) is 0 Å². The third-order valence-corrected chi connectivity index (χ3v) is 3.15. The maximum absolute atomic E-state index is 11.9. The van der Waals surface area contributed by atoms with Gasteiger partial charge in [-0.25, -0.2) is 0 Å². The highest BCUT2D eigenvalue weighted by Crippen LogP contribution is 2.48. The van der Waals surface area contributed by atoms with E-state index in [4.69, 9.17) is 0 Å². The van der Waals surface area contributed by atoms with Crippen LogP contribution in [-0.2, 0) is 14.3 Å². The van der Waals surface area contributed by atoms with Crippen LogP contribution in [0.15, 0.2) is 30.3 Å². The summed E-state index contributed by atoms with van der Waals surface area (Å²) in [6.07, 6.45) is -5.95. The van der Waals surface area contributed by atoms with Gasteiger partial charge in [0.05, 0.1) is 18.8 Å². The summed E-state index contributed by atoms with van der Waals surface area (Å²) in [7, 11) is 0. The molecule has 1 aliphatic carbocycles. The van der Waals surface area contributed by atoms with Gasteiger partial charge in [-0.2, -0.15) is 13.2 Å². The quantitative estimate of drug-likeness (QED) is 0.630. The van der Waals surface area contributed by atoms with Crippen LogP contribution in [0, 0.1) is 5.92 Å². The number of hydrogen-bond donors (Lipinski definition) is 0. The number of benzene rings is 1. The van der Waals surface area contributed by atoms with Gasteiger partial charge in [0.1, 0.15) is 0 Å². The zero-order chi connectivity index (χ0) is 14.8. The maximum Gasteiger partial charge on any atom is 0.389 e. The van der Waals surface area contributed by atoms with E-state index in [1.165, 1.54) is 0 Å². The van der Waals surface area contributed by atoms with Crippen molar-refractivity contribution >= 4 is 11.9 Å². The first-order valence-corrected chi connectivity index (χ1v) is 6.23. The second-order valence-electron chi connectivity index (χ2n) is 4.77. The van der Waals surface area contributed by atoms with Gasteiger partial charge in [0, 0.05) is 0 Å². The summed E-state index contributed by atoms with van der Waals surface area (Å²) < 4.78 is 40.2. The molecule has 3 nitrogen and oxygen atoms in total. The summed E-state index contributed by atoms with van der Waals surface area (Å²) in [6.45, 7) is 0. The zero-order valence-electron chi connectivity index (χ0n) is 10.5. The van der Waals surface area contributed by atoms with Crippen LogP contribution < -0.4 is 0 Å². The number of carbonyl (C=O) groups is 2. The number of ether oxygens (including phenoxy) is 1. The van der Waals surface area contributed by atoms with E-state index in [1.807, 2.05) is 30.3 Å². The van der Waals surface area contributed by atoms with Gasteiger partial charge in [-0.05, 0) is 17.9 Å². The van der Waals surface area contributed by atoms with Gasteiger partial charge in [-0.15, -0.1) is 0 Å². The highest BCUT2D eigenvalue weighted by atomic mass is 19.4. The second kappa shape index (κ2) is 5.64. The van der Waals surface area contributed by atoms with E-state index in [0.29, 0.717) is 6.42 Å². The first kappa shape index (κ1) is 14.6. The van der Waals surface area contributed by atoms with Gasteiger partial charge < -0.3 is 4.74 Å². The molecule has 2 unspecified atom stereocenters. The number of hydrogen-bond acceptors (Lipinski definition) is 3. The molecule has 1 aromatic carbocycles. The van der Waals surface area contributed by atoms with Crippen molar-refractivity contribution in [2.24, 2.45) is 5.92 Å². The van der Waals surface area contributed by atoms with Crippen molar-refractivity contribution in [1.29, 1.82) is 0 Å². The number of halogens is 3. The molecule has 0 radical (unpaired) electrons. The van der Waals surface area contributed by atoms with Crippen LogP contribution in [-0.4, -0.2) is 18.1 Å². The summed E-state index contributed by atoms with van der Waals surface area (Å²) in [4.78, 5) is 22.7. The third-order valence-electron chi connectivity index (χ3n) is 3.15. The van der Waals surface area contributed by atoms with Crippen molar-refractivity contribution in [1.82, 2.24) is 0 Å². The third kappa shape index (κ3) is 4.08. The molecule has 0 amide bonds. The van der Waals surface area contributed by atoms with Gasteiger partial charge in [0.15, 0.2) is 0 Å². The molecule has 0 spiro atoms. The smallest absolute Gasteiger partial charge is 0.389 e. The fourth-order valence-corrected chi connectivity index (χ4v) is 2.01. The Balaban J connectivity index is 1.78. The number of carbonyl (C=O) groups excluding carboxylic acids is 2. The molecule has 1 aliphatic rings. The van der Waals surface area contributed by atoms with Gasteiger partial charge in [0.25, 0.3) is 0 Å². The van der Waals surface area contributed by atoms with Crippen LogP contribution in [0.5, 0.6) is 0 Å². The van der Waals surface area contributed by atoms with Crippen LogP contribution in [0.2, 0.25) is 0 Å². The Morgan fingerprint density at radius 1 is 1.20 bits per heavy atom. The van der Waals surface area contributed by atoms with Crippen LogP contribution in [0.4, 0.5) is 13.2 Å². The van der Waals surface area contributed by atoms with E-state index in [9.17, 15) is 22.8 Å². The Morgan fingerprint density at radius 3 is 2.45 bits per heavy atom. The van der Waals surface area contributed by atoms with Crippen molar-refractivity contribution in [2.45, 2.75) is 31.4 Å². The van der Waals surface area contributed by atoms with E-state index in [0.717, 1.165) is 5.56 Å². The predicted octanol–water partition coefficient (Wildman–Crippen LogP) is 3.20. The minimum absolute atomic E-state index is 0.000818. The molecular formula is C14H13F3O3. The summed E-state index contributed by atoms with van der Waals surface area (Å²) in [5.74, 6) is -2.27. The molecule has 2 atom stereocenters. The summed E-state index contributed by atoms with van der Waals surface area (Å²) >= 11 is 0. The maximum atomic E-state index is 11.9. The summed E-state index contributed by atoms with van der Waals surface area (Å²) in [5, 5.41) is 0. The van der Waals surface area contributed by atoms with Crippen LogP contribution in [0.25, 0.3) is 0 Å². The average molecular weight is 286 g/mol. The molecule has 0 saturated heterocycles. The minimum Gasteiger partial charge on any atom is -0.393 e. The summed E-state index contributed by atoms with van der Waals surface area (Å²) in [5.41, 5.74) is 0.970. The molecule has 6 heteroatoms. The molecule has 1 saturated carbocycles. The van der Waals surface area contributed by atoms with Crippen molar-refractivity contribution in [2.75, 3.05) is 0 Å². The predicted molar refractivity (Wildman–Crippen MR) is 63.7 cm³/mol. The second-order valence-corrected chi connectivity index (χ2v) is 4.77. The standard InChI is InChI=1S/C14H13F3O3/c15-14(16,17)7-6-12(18)20-13(19)11-8-10(11)9-4-2-1-3-5-9/h1-5,10-11H,6-8H2. The monoisotopic (exact) mass is 286 g/mol. The molecule has 2 rings (SSSR count). The molecule has 0 heterocycles. The first-order valence-electron chi connectivity index (χ1n) is 6.23. The topological polar surface area (TPSA) is 43.4 Å². The summed E-state index contributed by atoms with van der Waals surface area (Å²) in [6, 6.07) is 9.25. The minimum atomic E-state index is -4.42. The van der Waals surface area contributed by atoms with E-state index in [1.54, 1.807) is 0 Å². The lowest BCUT2D eigenvalue weighted by Crippen LogP contribution is -2.17. The molecular weight excluding hydrogens is 273 g/mol.